The van der Waals surface area contributed by atoms with E-state index in [1.165, 1.54) is 0 Å². The molecule has 0 spiro atoms. The summed E-state index contributed by atoms with van der Waals surface area (Å²) in [7, 11) is 1.67. The Morgan fingerprint density at radius 3 is 2.59 bits per heavy atom. The normalized spacial score (nSPS) is 10.5. The maximum Gasteiger partial charge on any atom is 0.118 e. The van der Waals surface area contributed by atoms with E-state index >= 15 is 0 Å². The summed E-state index contributed by atoms with van der Waals surface area (Å²) in [6.45, 7) is 3.41. The minimum atomic E-state index is 0.602. The second-order valence-electron chi connectivity index (χ2n) is 3.88. The molecule has 0 saturated heterocycles. The molecule has 0 aliphatic carbocycles. The van der Waals surface area contributed by atoms with Crippen LogP contribution in [0.3, 0.4) is 0 Å². The summed E-state index contributed by atoms with van der Waals surface area (Å²) in [5, 5.41) is 4.33. The summed E-state index contributed by atoms with van der Waals surface area (Å²) in [5.41, 5.74) is 8.96. The van der Waals surface area contributed by atoms with Crippen molar-refractivity contribution < 1.29 is 4.74 Å². The number of methoxy groups -OCH3 is 1. The fourth-order valence-corrected chi connectivity index (χ4v) is 1.85. The van der Waals surface area contributed by atoms with Gasteiger partial charge in [0, 0.05) is 17.8 Å². The van der Waals surface area contributed by atoms with Crippen LogP contribution in [0.15, 0.2) is 30.5 Å². The van der Waals surface area contributed by atoms with Gasteiger partial charge < -0.3 is 10.5 Å². The Bertz CT molecular complexity index is 488. The van der Waals surface area contributed by atoms with Crippen LogP contribution in [0.5, 0.6) is 5.75 Å². The Morgan fingerprint density at radius 2 is 2.00 bits per heavy atom. The van der Waals surface area contributed by atoms with Crippen molar-refractivity contribution in [3.63, 3.8) is 0 Å². The lowest BCUT2D eigenvalue weighted by atomic mass is 10.1. The molecule has 2 rings (SSSR count). The minimum Gasteiger partial charge on any atom is -0.497 e. The van der Waals surface area contributed by atoms with Crippen LogP contribution in [-0.2, 0) is 6.54 Å². The third-order valence-corrected chi connectivity index (χ3v) is 2.85. The van der Waals surface area contributed by atoms with E-state index in [9.17, 15) is 0 Å². The molecule has 4 nitrogen and oxygen atoms in total. The van der Waals surface area contributed by atoms with Crippen molar-refractivity contribution in [2.75, 3.05) is 13.7 Å². The molecule has 0 saturated carbocycles. The van der Waals surface area contributed by atoms with Gasteiger partial charge in [0.25, 0.3) is 0 Å². The first kappa shape index (κ1) is 11.7. The van der Waals surface area contributed by atoms with Crippen molar-refractivity contribution in [2.45, 2.75) is 13.5 Å². The highest BCUT2D eigenvalue weighted by Crippen LogP contribution is 2.24. The second-order valence-corrected chi connectivity index (χ2v) is 3.88. The number of benzene rings is 1. The molecule has 0 atom stereocenters. The van der Waals surface area contributed by atoms with Gasteiger partial charge in [-0.15, -0.1) is 0 Å². The van der Waals surface area contributed by atoms with E-state index in [1.54, 1.807) is 7.11 Å². The summed E-state index contributed by atoms with van der Waals surface area (Å²) in [6.07, 6.45) is 1.88. The third kappa shape index (κ3) is 2.31. The van der Waals surface area contributed by atoms with Crippen LogP contribution >= 0.6 is 0 Å². The second kappa shape index (κ2) is 5.01. The number of rotatable bonds is 4. The zero-order valence-electron chi connectivity index (χ0n) is 10.2. The number of hydrogen-bond donors (Lipinski definition) is 1. The molecule has 0 radical (unpaired) electrons. The highest BCUT2D eigenvalue weighted by Gasteiger charge is 2.07. The molecule has 0 unspecified atom stereocenters. The van der Waals surface area contributed by atoms with Crippen LogP contribution in [0, 0.1) is 6.92 Å². The highest BCUT2D eigenvalue weighted by molar-refractivity contribution is 5.65. The molecular formula is C13H17N3O. The number of ether oxygens (including phenoxy) is 1. The SMILES string of the molecule is COc1ccc(-c2cnn(CCN)c2C)cc1. The maximum atomic E-state index is 5.54. The van der Waals surface area contributed by atoms with Crippen LogP contribution in [-0.4, -0.2) is 23.4 Å². The molecule has 0 fully saturated rings. The van der Waals surface area contributed by atoms with Crippen LogP contribution in [0.4, 0.5) is 0 Å². The standard InChI is InChI=1S/C13H17N3O/c1-10-13(9-15-16(10)8-7-14)11-3-5-12(17-2)6-4-11/h3-6,9H,7-8,14H2,1-2H3. The van der Waals surface area contributed by atoms with E-state index in [-0.39, 0.29) is 0 Å². The van der Waals surface area contributed by atoms with Gasteiger partial charge in [0.05, 0.1) is 19.9 Å². The average molecular weight is 231 g/mol. The molecule has 0 aliphatic rings. The summed E-state index contributed by atoms with van der Waals surface area (Å²) < 4.78 is 7.07. The van der Waals surface area contributed by atoms with Crippen molar-refractivity contribution in [1.29, 1.82) is 0 Å². The van der Waals surface area contributed by atoms with Gasteiger partial charge in [0.1, 0.15) is 5.75 Å². The Kier molecular flexibility index (Phi) is 3.44. The monoisotopic (exact) mass is 231 g/mol. The molecule has 90 valence electrons. The predicted molar refractivity (Wildman–Crippen MR) is 68.0 cm³/mol. The molecule has 17 heavy (non-hydrogen) atoms. The predicted octanol–water partition coefficient (Wildman–Crippen LogP) is 1.83. The molecule has 4 heteroatoms. The molecule has 0 bridgehead atoms. The quantitative estimate of drug-likeness (QED) is 0.873. The first-order valence-corrected chi connectivity index (χ1v) is 5.63. The molecular weight excluding hydrogens is 214 g/mol. The first-order chi connectivity index (χ1) is 8.26. The van der Waals surface area contributed by atoms with Crippen LogP contribution in [0.1, 0.15) is 5.69 Å². The van der Waals surface area contributed by atoms with E-state index in [4.69, 9.17) is 10.5 Å². The summed E-state index contributed by atoms with van der Waals surface area (Å²) in [4.78, 5) is 0. The lowest BCUT2D eigenvalue weighted by Gasteiger charge is -2.05. The first-order valence-electron chi connectivity index (χ1n) is 5.63. The Hall–Kier alpha value is -1.81. The van der Waals surface area contributed by atoms with Crippen LogP contribution in [0.25, 0.3) is 11.1 Å². The highest BCUT2D eigenvalue weighted by atomic mass is 16.5. The van der Waals surface area contributed by atoms with E-state index < -0.39 is 0 Å². The fourth-order valence-electron chi connectivity index (χ4n) is 1.85. The topological polar surface area (TPSA) is 53.1 Å². The van der Waals surface area contributed by atoms with Gasteiger partial charge in [-0.1, -0.05) is 12.1 Å². The molecule has 1 aromatic carbocycles. The average Bonchev–Trinajstić information content (AvgIpc) is 2.72. The lowest BCUT2D eigenvalue weighted by Crippen LogP contribution is -2.12. The van der Waals surface area contributed by atoms with Crippen molar-refractivity contribution >= 4 is 0 Å². The van der Waals surface area contributed by atoms with Crippen molar-refractivity contribution in [3.05, 3.63) is 36.2 Å². The fraction of sp³-hybridized carbons (Fsp3) is 0.308. The van der Waals surface area contributed by atoms with Gasteiger partial charge in [-0.05, 0) is 24.6 Å². The molecule has 2 N–H and O–H groups in total. The lowest BCUT2D eigenvalue weighted by molar-refractivity contribution is 0.415. The molecule has 2 aromatic rings. The van der Waals surface area contributed by atoms with Gasteiger partial charge in [-0.25, -0.2) is 0 Å². The van der Waals surface area contributed by atoms with Crippen LogP contribution in [0.2, 0.25) is 0 Å². The zero-order chi connectivity index (χ0) is 12.3. The summed E-state index contributed by atoms with van der Waals surface area (Å²) >= 11 is 0. The number of aromatic nitrogens is 2. The van der Waals surface area contributed by atoms with Gasteiger partial charge >= 0.3 is 0 Å². The maximum absolute atomic E-state index is 5.54. The van der Waals surface area contributed by atoms with E-state index in [0.29, 0.717) is 6.54 Å². The zero-order valence-corrected chi connectivity index (χ0v) is 10.2. The van der Waals surface area contributed by atoms with Gasteiger partial charge in [0.15, 0.2) is 0 Å². The molecule has 1 aromatic heterocycles. The smallest absolute Gasteiger partial charge is 0.118 e. The number of nitrogens with two attached hydrogens (primary N) is 1. The Labute approximate surface area is 101 Å². The third-order valence-electron chi connectivity index (χ3n) is 2.85. The minimum absolute atomic E-state index is 0.602. The summed E-state index contributed by atoms with van der Waals surface area (Å²) in [6, 6.07) is 7.98. The van der Waals surface area contributed by atoms with Crippen molar-refractivity contribution in [1.82, 2.24) is 9.78 Å². The Balaban J connectivity index is 2.32. The van der Waals surface area contributed by atoms with E-state index in [2.05, 4.69) is 12.0 Å². The Morgan fingerprint density at radius 1 is 1.29 bits per heavy atom. The molecule has 0 amide bonds. The van der Waals surface area contributed by atoms with Gasteiger partial charge in [0.2, 0.25) is 0 Å². The van der Waals surface area contributed by atoms with E-state index in [0.717, 1.165) is 29.1 Å². The van der Waals surface area contributed by atoms with Crippen molar-refractivity contribution in [3.8, 4) is 16.9 Å². The van der Waals surface area contributed by atoms with E-state index in [1.807, 2.05) is 35.1 Å². The summed E-state index contributed by atoms with van der Waals surface area (Å²) in [5.74, 6) is 0.862. The molecule has 1 heterocycles. The largest absolute Gasteiger partial charge is 0.497 e. The van der Waals surface area contributed by atoms with Crippen LogP contribution < -0.4 is 10.5 Å². The molecule has 0 aliphatic heterocycles. The van der Waals surface area contributed by atoms with Gasteiger partial charge in [-0.2, -0.15) is 5.10 Å². The number of hydrogen-bond acceptors (Lipinski definition) is 3. The van der Waals surface area contributed by atoms with Gasteiger partial charge in [-0.3, -0.25) is 4.68 Å². The number of nitrogens with zero attached hydrogens (tertiary/aromatic N) is 2. The van der Waals surface area contributed by atoms with Crippen molar-refractivity contribution in [2.24, 2.45) is 5.73 Å².